The number of rotatable bonds is 2. The van der Waals surface area contributed by atoms with Gasteiger partial charge in [0.1, 0.15) is 6.04 Å². The van der Waals surface area contributed by atoms with E-state index in [1.807, 2.05) is 0 Å². The van der Waals surface area contributed by atoms with Gasteiger partial charge in [-0.1, -0.05) is 0 Å². The summed E-state index contributed by atoms with van der Waals surface area (Å²) >= 11 is 0. The van der Waals surface area contributed by atoms with Crippen LogP contribution in [0.3, 0.4) is 0 Å². The number of nitrogens with zero attached hydrogens (tertiary/aromatic N) is 1. The Balaban J connectivity index is 1.92. The summed E-state index contributed by atoms with van der Waals surface area (Å²) in [5.74, 6) is -0.771. The number of amides is 3. The number of likely N-dealkylation sites (tertiary alicyclic amines) is 1. The van der Waals surface area contributed by atoms with Crippen molar-refractivity contribution < 1.29 is 14.4 Å². The highest BCUT2D eigenvalue weighted by molar-refractivity contribution is 5.87. The Morgan fingerprint density at radius 3 is 2.78 bits per heavy atom. The zero-order chi connectivity index (χ0) is 13.1. The minimum Gasteiger partial charge on any atom is -0.369 e. The molecule has 2 fully saturated rings. The molecule has 0 aromatic rings. The lowest BCUT2D eigenvalue weighted by atomic mass is 9.97. The van der Waals surface area contributed by atoms with E-state index in [2.05, 4.69) is 10.6 Å². The molecule has 2 unspecified atom stereocenters. The van der Waals surface area contributed by atoms with Crippen molar-refractivity contribution in [1.82, 2.24) is 15.5 Å². The van der Waals surface area contributed by atoms with Gasteiger partial charge in [0.15, 0.2) is 0 Å². The van der Waals surface area contributed by atoms with E-state index in [0.29, 0.717) is 19.6 Å². The van der Waals surface area contributed by atoms with Crippen LogP contribution < -0.4 is 16.4 Å². The highest BCUT2D eigenvalue weighted by atomic mass is 16.2. The third-order valence-electron chi connectivity index (χ3n) is 3.45. The first-order valence-electron chi connectivity index (χ1n) is 6.16. The van der Waals surface area contributed by atoms with E-state index < -0.39 is 6.04 Å². The van der Waals surface area contributed by atoms with Crippen LogP contribution in [0.4, 0.5) is 0 Å². The van der Waals surface area contributed by atoms with Gasteiger partial charge in [-0.15, -0.1) is 0 Å². The second kappa shape index (κ2) is 5.34. The topological polar surface area (TPSA) is 105 Å². The van der Waals surface area contributed by atoms with Crippen molar-refractivity contribution in [3.63, 3.8) is 0 Å². The van der Waals surface area contributed by atoms with Gasteiger partial charge in [0.2, 0.25) is 17.7 Å². The summed E-state index contributed by atoms with van der Waals surface area (Å²) in [5.41, 5.74) is 5.28. The van der Waals surface area contributed by atoms with E-state index in [1.54, 1.807) is 4.90 Å². The van der Waals surface area contributed by atoms with Crippen LogP contribution in [-0.4, -0.2) is 54.8 Å². The fraction of sp³-hybridized carbons (Fsp3) is 0.727. The number of carbonyl (C=O) groups is 3. The quantitative estimate of drug-likeness (QED) is 0.520. The molecule has 0 spiro atoms. The number of nitrogens with two attached hydrogens (primary N) is 1. The van der Waals surface area contributed by atoms with Crippen LogP contribution in [0.5, 0.6) is 0 Å². The monoisotopic (exact) mass is 254 g/mol. The lowest BCUT2D eigenvalue weighted by Crippen LogP contribution is -2.60. The molecule has 7 heteroatoms. The molecule has 100 valence electrons. The Labute approximate surface area is 105 Å². The van der Waals surface area contributed by atoms with Crippen LogP contribution in [0, 0.1) is 5.92 Å². The molecule has 2 atom stereocenters. The van der Waals surface area contributed by atoms with Gasteiger partial charge in [-0.05, 0) is 12.8 Å². The van der Waals surface area contributed by atoms with E-state index >= 15 is 0 Å². The maximum atomic E-state index is 12.2. The number of primary amides is 1. The number of hydrogen-bond acceptors (Lipinski definition) is 4. The summed E-state index contributed by atoms with van der Waals surface area (Å²) < 4.78 is 0. The van der Waals surface area contributed by atoms with Crippen molar-refractivity contribution in [1.29, 1.82) is 0 Å². The first-order chi connectivity index (χ1) is 8.58. The van der Waals surface area contributed by atoms with Crippen molar-refractivity contribution in [3.05, 3.63) is 0 Å². The summed E-state index contributed by atoms with van der Waals surface area (Å²) in [6.07, 6.45) is 1.53. The van der Waals surface area contributed by atoms with Gasteiger partial charge in [0.05, 0.1) is 12.5 Å². The molecule has 2 heterocycles. The van der Waals surface area contributed by atoms with Crippen LogP contribution >= 0.6 is 0 Å². The maximum absolute atomic E-state index is 12.2. The SMILES string of the molecule is NC(=O)C1CCCN(C(=O)C2CNC(=O)CN2)C1. The molecule has 0 bridgehead atoms. The van der Waals surface area contributed by atoms with E-state index in [-0.39, 0.29) is 30.2 Å². The standard InChI is InChI=1S/C11H18N4O3/c12-10(17)7-2-1-3-15(6-7)11(18)8-4-14-9(16)5-13-8/h7-8,13H,1-6H2,(H2,12,17)(H,14,16). The zero-order valence-corrected chi connectivity index (χ0v) is 10.1. The minimum atomic E-state index is -0.394. The zero-order valence-electron chi connectivity index (χ0n) is 10.1. The molecule has 0 radical (unpaired) electrons. The normalized spacial score (nSPS) is 28.7. The van der Waals surface area contributed by atoms with Gasteiger partial charge in [-0.2, -0.15) is 0 Å². The molecule has 4 N–H and O–H groups in total. The van der Waals surface area contributed by atoms with Gasteiger partial charge >= 0.3 is 0 Å². The average molecular weight is 254 g/mol. The molecule has 3 amide bonds. The molecular weight excluding hydrogens is 236 g/mol. The predicted molar refractivity (Wildman–Crippen MR) is 63.3 cm³/mol. The molecule has 2 rings (SSSR count). The van der Waals surface area contributed by atoms with E-state index in [4.69, 9.17) is 5.73 Å². The lowest BCUT2D eigenvalue weighted by molar-refractivity contribution is -0.137. The lowest BCUT2D eigenvalue weighted by Gasteiger charge is -2.35. The second-order valence-electron chi connectivity index (χ2n) is 4.76. The summed E-state index contributed by atoms with van der Waals surface area (Å²) in [7, 11) is 0. The maximum Gasteiger partial charge on any atom is 0.241 e. The number of carbonyl (C=O) groups excluding carboxylic acids is 3. The fourth-order valence-corrected chi connectivity index (χ4v) is 2.37. The molecule has 0 aromatic carbocycles. The Bertz CT molecular complexity index is 361. The van der Waals surface area contributed by atoms with Crippen LogP contribution in [0.25, 0.3) is 0 Å². The van der Waals surface area contributed by atoms with Gasteiger partial charge < -0.3 is 16.0 Å². The fourth-order valence-electron chi connectivity index (χ4n) is 2.37. The Morgan fingerprint density at radius 1 is 1.39 bits per heavy atom. The number of nitrogens with one attached hydrogen (secondary N) is 2. The van der Waals surface area contributed by atoms with Crippen molar-refractivity contribution >= 4 is 17.7 Å². The number of hydrogen-bond donors (Lipinski definition) is 3. The van der Waals surface area contributed by atoms with Gasteiger partial charge in [0.25, 0.3) is 0 Å². The minimum absolute atomic E-state index is 0.0686. The molecule has 2 aliphatic heterocycles. The van der Waals surface area contributed by atoms with Gasteiger partial charge in [-0.3, -0.25) is 19.7 Å². The third-order valence-corrected chi connectivity index (χ3v) is 3.45. The molecule has 0 aliphatic carbocycles. The van der Waals surface area contributed by atoms with Crippen molar-refractivity contribution in [2.45, 2.75) is 18.9 Å². The van der Waals surface area contributed by atoms with E-state index in [9.17, 15) is 14.4 Å². The Kier molecular flexibility index (Phi) is 3.81. The first kappa shape index (κ1) is 12.8. The molecule has 2 saturated heterocycles. The van der Waals surface area contributed by atoms with Crippen LogP contribution in [-0.2, 0) is 14.4 Å². The largest absolute Gasteiger partial charge is 0.369 e. The summed E-state index contributed by atoms with van der Waals surface area (Å²) in [5, 5.41) is 5.54. The number of piperazine rings is 1. The van der Waals surface area contributed by atoms with Crippen molar-refractivity contribution in [2.24, 2.45) is 11.7 Å². The van der Waals surface area contributed by atoms with Crippen LogP contribution in [0.15, 0.2) is 0 Å². The Morgan fingerprint density at radius 2 is 2.17 bits per heavy atom. The van der Waals surface area contributed by atoms with E-state index in [1.165, 1.54) is 0 Å². The predicted octanol–water partition coefficient (Wildman–Crippen LogP) is -2.20. The van der Waals surface area contributed by atoms with Crippen molar-refractivity contribution in [2.75, 3.05) is 26.2 Å². The van der Waals surface area contributed by atoms with Crippen LogP contribution in [0.2, 0.25) is 0 Å². The van der Waals surface area contributed by atoms with E-state index in [0.717, 1.165) is 12.8 Å². The Hall–Kier alpha value is -1.63. The summed E-state index contributed by atoms with van der Waals surface area (Å²) in [4.78, 5) is 36.0. The highest BCUT2D eigenvalue weighted by Gasteiger charge is 2.32. The first-order valence-corrected chi connectivity index (χ1v) is 6.16. The molecule has 18 heavy (non-hydrogen) atoms. The smallest absolute Gasteiger partial charge is 0.241 e. The molecule has 2 aliphatic rings. The van der Waals surface area contributed by atoms with Gasteiger partial charge in [-0.25, -0.2) is 0 Å². The number of piperidine rings is 1. The summed E-state index contributed by atoms with van der Waals surface area (Å²) in [6, 6.07) is -0.394. The molecule has 7 nitrogen and oxygen atoms in total. The van der Waals surface area contributed by atoms with Gasteiger partial charge in [0, 0.05) is 19.6 Å². The molecule has 0 saturated carbocycles. The van der Waals surface area contributed by atoms with Crippen LogP contribution in [0.1, 0.15) is 12.8 Å². The molecule has 0 aromatic heterocycles. The second-order valence-corrected chi connectivity index (χ2v) is 4.76. The summed E-state index contributed by atoms with van der Waals surface area (Å²) in [6.45, 7) is 1.49. The highest BCUT2D eigenvalue weighted by Crippen LogP contribution is 2.16. The van der Waals surface area contributed by atoms with Crippen molar-refractivity contribution in [3.8, 4) is 0 Å². The molecular formula is C11H18N4O3. The average Bonchev–Trinajstić information content (AvgIpc) is 2.39. The third kappa shape index (κ3) is 2.79.